The van der Waals surface area contributed by atoms with Crippen molar-refractivity contribution in [1.29, 1.82) is 0 Å². The predicted molar refractivity (Wildman–Crippen MR) is 56.8 cm³/mol. The van der Waals surface area contributed by atoms with E-state index in [0.29, 0.717) is 0 Å². The maximum Gasteiger partial charge on any atom is 0.511 e. The lowest BCUT2D eigenvalue weighted by molar-refractivity contribution is -0.160. The highest BCUT2D eigenvalue weighted by molar-refractivity contribution is 5.79. The number of hydrogen-bond acceptors (Lipinski definition) is 6. The van der Waals surface area contributed by atoms with Gasteiger partial charge in [-0.25, -0.2) is 9.59 Å². The first kappa shape index (κ1) is 14.7. The summed E-state index contributed by atoms with van der Waals surface area (Å²) in [5.41, 5.74) is -0.814. The normalized spacial score (nSPS) is 11.1. The molecule has 0 aliphatic carbocycles. The number of rotatable bonds is 5. The van der Waals surface area contributed by atoms with Crippen LogP contribution in [0.5, 0.6) is 0 Å². The molecule has 0 rings (SSSR count). The highest BCUT2D eigenvalue weighted by Crippen LogP contribution is 2.04. The second-order valence-electron chi connectivity index (χ2n) is 3.99. The van der Waals surface area contributed by atoms with Crippen LogP contribution >= 0.6 is 0 Å². The monoisotopic (exact) mass is 233 g/mol. The van der Waals surface area contributed by atoms with Crippen molar-refractivity contribution in [3.8, 4) is 0 Å². The molecule has 0 heterocycles. The quantitative estimate of drug-likeness (QED) is 0.565. The van der Waals surface area contributed by atoms with Gasteiger partial charge in [-0.2, -0.15) is 0 Å². The van der Waals surface area contributed by atoms with Gasteiger partial charge in [0.1, 0.15) is 5.54 Å². The second kappa shape index (κ2) is 6.32. The minimum atomic E-state index is -0.856. The standard InChI is InChI=1S/C10H19NO5/c1-7(2)16-9(13)15-6-14-8(12)10(3,4)11-5/h7,11H,6H2,1-5H3. The zero-order chi connectivity index (χ0) is 12.8. The van der Waals surface area contributed by atoms with Crippen molar-refractivity contribution < 1.29 is 23.8 Å². The van der Waals surface area contributed by atoms with Crippen LogP contribution in [0.3, 0.4) is 0 Å². The number of hydrogen-bond donors (Lipinski definition) is 1. The van der Waals surface area contributed by atoms with E-state index in [0.717, 1.165) is 0 Å². The zero-order valence-corrected chi connectivity index (χ0v) is 10.3. The van der Waals surface area contributed by atoms with Gasteiger partial charge in [-0.15, -0.1) is 0 Å². The lowest BCUT2D eigenvalue weighted by atomic mass is 10.1. The summed E-state index contributed by atoms with van der Waals surface area (Å²) < 4.78 is 13.9. The van der Waals surface area contributed by atoms with Crippen molar-refractivity contribution in [2.45, 2.75) is 39.3 Å². The Labute approximate surface area is 95.2 Å². The minimum Gasteiger partial charge on any atom is -0.431 e. The molecule has 0 aromatic rings. The molecule has 6 heteroatoms. The van der Waals surface area contributed by atoms with Crippen LogP contribution in [-0.2, 0) is 19.0 Å². The highest BCUT2D eigenvalue weighted by atomic mass is 16.8. The van der Waals surface area contributed by atoms with Crippen molar-refractivity contribution in [3.63, 3.8) is 0 Å². The molecule has 0 aliphatic rings. The molecule has 0 spiro atoms. The van der Waals surface area contributed by atoms with Gasteiger partial charge in [0.15, 0.2) is 0 Å². The Bertz CT molecular complexity index is 250. The largest absolute Gasteiger partial charge is 0.511 e. The first-order valence-electron chi connectivity index (χ1n) is 4.99. The summed E-state index contributed by atoms with van der Waals surface area (Å²) in [6.07, 6.45) is -1.12. The van der Waals surface area contributed by atoms with E-state index in [1.165, 1.54) is 0 Å². The number of carbonyl (C=O) groups excluding carboxylic acids is 2. The van der Waals surface area contributed by atoms with Gasteiger partial charge >= 0.3 is 12.1 Å². The van der Waals surface area contributed by atoms with Gasteiger partial charge in [-0.1, -0.05) is 0 Å². The number of esters is 1. The van der Waals surface area contributed by atoms with Crippen molar-refractivity contribution >= 4 is 12.1 Å². The van der Waals surface area contributed by atoms with E-state index in [1.807, 2.05) is 0 Å². The first-order valence-corrected chi connectivity index (χ1v) is 4.99. The molecule has 0 radical (unpaired) electrons. The molecule has 16 heavy (non-hydrogen) atoms. The molecule has 0 fully saturated rings. The SMILES string of the molecule is CNC(C)(C)C(=O)OCOC(=O)OC(C)C. The Hall–Kier alpha value is -1.30. The third-order valence-corrected chi connectivity index (χ3v) is 1.83. The van der Waals surface area contributed by atoms with E-state index in [2.05, 4.69) is 14.8 Å². The number of carbonyl (C=O) groups is 2. The third-order valence-electron chi connectivity index (χ3n) is 1.83. The smallest absolute Gasteiger partial charge is 0.431 e. The fourth-order valence-corrected chi connectivity index (χ4v) is 0.640. The Morgan fingerprint density at radius 1 is 1.25 bits per heavy atom. The molecule has 0 saturated heterocycles. The van der Waals surface area contributed by atoms with Crippen LogP contribution < -0.4 is 5.32 Å². The summed E-state index contributed by atoms with van der Waals surface area (Å²) in [4.78, 5) is 22.3. The average Bonchev–Trinajstić information content (AvgIpc) is 2.16. The van der Waals surface area contributed by atoms with Gasteiger partial charge in [-0.3, -0.25) is 0 Å². The Kier molecular flexibility index (Phi) is 5.81. The van der Waals surface area contributed by atoms with E-state index in [9.17, 15) is 9.59 Å². The third kappa shape index (κ3) is 5.55. The number of likely N-dealkylation sites (N-methyl/N-ethyl adjacent to an activating group) is 1. The van der Waals surface area contributed by atoms with Crippen LogP contribution in [-0.4, -0.2) is 37.6 Å². The number of ether oxygens (including phenoxy) is 3. The first-order chi connectivity index (χ1) is 7.29. The summed E-state index contributed by atoms with van der Waals surface area (Å²) >= 11 is 0. The molecular formula is C10H19NO5. The van der Waals surface area contributed by atoms with E-state index in [1.54, 1.807) is 34.7 Å². The molecule has 0 aromatic carbocycles. The molecule has 94 valence electrons. The Morgan fingerprint density at radius 3 is 2.25 bits per heavy atom. The molecule has 0 aromatic heterocycles. The Balaban J connectivity index is 3.83. The summed E-state index contributed by atoms with van der Waals surface area (Å²) in [6, 6.07) is 0. The van der Waals surface area contributed by atoms with Crippen molar-refractivity contribution in [2.24, 2.45) is 0 Å². The van der Waals surface area contributed by atoms with Crippen LogP contribution in [0.2, 0.25) is 0 Å². The minimum absolute atomic E-state index is 0.267. The van der Waals surface area contributed by atoms with Crippen LogP contribution in [0.15, 0.2) is 0 Å². The maximum absolute atomic E-state index is 11.4. The maximum atomic E-state index is 11.4. The van der Waals surface area contributed by atoms with Crippen molar-refractivity contribution in [3.05, 3.63) is 0 Å². The summed E-state index contributed by atoms with van der Waals surface area (Å²) in [5.74, 6) is -0.507. The summed E-state index contributed by atoms with van der Waals surface area (Å²) in [5, 5.41) is 2.77. The van der Waals surface area contributed by atoms with Crippen LogP contribution in [0.25, 0.3) is 0 Å². The topological polar surface area (TPSA) is 73.9 Å². The van der Waals surface area contributed by atoms with Gasteiger partial charge in [0.2, 0.25) is 6.79 Å². The van der Waals surface area contributed by atoms with Crippen LogP contribution in [0.1, 0.15) is 27.7 Å². The van der Waals surface area contributed by atoms with Gasteiger partial charge in [-0.05, 0) is 34.7 Å². The van der Waals surface area contributed by atoms with Crippen molar-refractivity contribution in [2.75, 3.05) is 13.8 Å². The predicted octanol–water partition coefficient (Wildman–Crippen LogP) is 1.05. The molecule has 0 aliphatic heterocycles. The second-order valence-corrected chi connectivity index (χ2v) is 3.99. The van der Waals surface area contributed by atoms with E-state index < -0.39 is 24.5 Å². The van der Waals surface area contributed by atoms with Crippen LogP contribution in [0.4, 0.5) is 4.79 Å². The summed E-state index contributed by atoms with van der Waals surface area (Å²) in [7, 11) is 1.63. The molecule has 6 nitrogen and oxygen atoms in total. The molecule has 0 atom stereocenters. The summed E-state index contributed by atoms with van der Waals surface area (Å²) in [6.45, 7) is 6.24. The fraction of sp³-hybridized carbons (Fsp3) is 0.800. The zero-order valence-electron chi connectivity index (χ0n) is 10.3. The van der Waals surface area contributed by atoms with E-state index >= 15 is 0 Å². The molecule has 1 N–H and O–H groups in total. The molecule has 0 unspecified atom stereocenters. The molecular weight excluding hydrogens is 214 g/mol. The van der Waals surface area contributed by atoms with E-state index in [4.69, 9.17) is 4.74 Å². The average molecular weight is 233 g/mol. The highest BCUT2D eigenvalue weighted by Gasteiger charge is 2.27. The molecule has 0 amide bonds. The molecule has 0 bridgehead atoms. The van der Waals surface area contributed by atoms with Gasteiger partial charge in [0.25, 0.3) is 0 Å². The van der Waals surface area contributed by atoms with Crippen molar-refractivity contribution in [1.82, 2.24) is 5.32 Å². The Morgan fingerprint density at radius 2 is 1.81 bits per heavy atom. The fourth-order valence-electron chi connectivity index (χ4n) is 0.640. The van der Waals surface area contributed by atoms with Gasteiger partial charge in [0.05, 0.1) is 6.10 Å². The lowest BCUT2D eigenvalue weighted by Gasteiger charge is -2.21. The number of nitrogens with one attached hydrogen (secondary N) is 1. The lowest BCUT2D eigenvalue weighted by Crippen LogP contribution is -2.45. The molecule has 0 saturated carbocycles. The van der Waals surface area contributed by atoms with E-state index in [-0.39, 0.29) is 6.10 Å². The van der Waals surface area contributed by atoms with Gasteiger partial charge < -0.3 is 19.5 Å². The van der Waals surface area contributed by atoms with Gasteiger partial charge in [0, 0.05) is 0 Å². The van der Waals surface area contributed by atoms with Crippen LogP contribution in [0, 0.1) is 0 Å².